The molecule has 9 nitrogen and oxygen atoms in total. The molecule has 0 radical (unpaired) electrons. The molecule has 2 atom stereocenters. The van der Waals surface area contributed by atoms with Crippen molar-refractivity contribution in [3.05, 3.63) is 109 Å². The predicted molar refractivity (Wildman–Crippen MR) is 299 cm³/mol. The third kappa shape index (κ3) is 53.6. The highest BCUT2D eigenvalue weighted by Gasteiger charge is 2.25. The zero-order valence-electron chi connectivity index (χ0n) is 45.8. The van der Waals surface area contributed by atoms with Crippen molar-refractivity contribution >= 4 is 17.9 Å². The summed E-state index contributed by atoms with van der Waals surface area (Å²) in [7, 11) is 5.95. The van der Waals surface area contributed by atoms with Gasteiger partial charge in [0.05, 0.1) is 34.4 Å². The average molecular weight is 992 g/mol. The maximum absolute atomic E-state index is 12.8. The Kier molecular flexibility index (Phi) is 49.3. The van der Waals surface area contributed by atoms with E-state index in [-0.39, 0.29) is 32.2 Å². The van der Waals surface area contributed by atoms with Crippen LogP contribution in [0.1, 0.15) is 206 Å². The number of aliphatic carboxylic acids is 1. The molecule has 0 spiro atoms. The quantitative estimate of drug-likeness (QED) is 0.0211. The summed E-state index contributed by atoms with van der Waals surface area (Å²) < 4.78 is 22.7. The summed E-state index contributed by atoms with van der Waals surface area (Å²) in [4.78, 5) is 37.0. The van der Waals surface area contributed by atoms with Crippen molar-refractivity contribution < 1.29 is 42.9 Å². The smallest absolute Gasteiger partial charge is 0.361 e. The molecule has 0 heterocycles. The summed E-state index contributed by atoms with van der Waals surface area (Å²) in [6.07, 6.45) is 69.2. The minimum absolute atomic E-state index is 0.184. The molecule has 0 saturated heterocycles. The number of nitrogens with zero attached hydrogens (tertiary/aromatic N) is 1. The van der Waals surface area contributed by atoms with Gasteiger partial charge in [-0.2, -0.15) is 0 Å². The third-order valence-electron chi connectivity index (χ3n) is 11.5. The monoisotopic (exact) mass is 991 g/mol. The molecule has 0 aliphatic heterocycles. The number of hydrogen-bond donors (Lipinski definition) is 1. The number of likely N-dealkylation sites (N-methyl/N-ethyl adjacent to an activating group) is 1. The van der Waals surface area contributed by atoms with Crippen molar-refractivity contribution in [2.75, 3.05) is 47.5 Å². The highest BCUT2D eigenvalue weighted by atomic mass is 16.7. The molecule has 0 rings (SSSR count). The van der Waals surface area contributed by atoms with Crippen molar-refractivity contribution in [1.29, 1.82) is 0 Å². The number of ether oxygens (including phenoxy) is 4. The number of unbranched alkanes of at least 4 members (excludes halogenated alkanes) is 17. The number of hydrogen-bond acceptors (Lipinski definition) is 7. The Bertz CT molecular complexity index is 1530. The van der Waals surface area contributed by atoms with Crippen LogP contribution < -0.4 is 0 Å². The molecule has 0 saturated carbocycles. The Morgan fingerprint density at radius 1 is 0.437 bits per heavy atom. The lowest BCUT2D eigenvalue weighted by atomic mass is 10.0. The number of carboxylic acid groups (broad SMARTS) is 1. The van der Waals surface area contributed by atoms with Crippen molar-refractivity contribution in [3.8, 4) is 0 Å². The van der Waals surface area contributed by atoms with Crippen LogP contribution in [-0.4, -0.2) is 87.4 Å². The SMILES string of the molecule is CC/C=C\C/C=C\C/C=C\C/C=C\C/C=C\C/C=C\C/C=C\C/C=C\C/C=C\CCCCCCCCCCCCCC(=O)OC(COC(=O)CCCCCCCCC)COC(OCC[N+](C)(C)C)C(=O)O. The van der Waals surface area contributed by atoms with Gasteiger partial charge in [0.25, 0.3) is 6.29 Å². The molecule has 0 aromatic carbocycles. The maximum Gasteiger partial charge on any atom is 0.361 e. The molecule has 404 valence electrons. The summed E-state index contributed by atoms with van der Waals surface area (Å²) in [5.74, 6) is -2.02. The number of quaternary nitrogens is 1. The topological polar surface area (TPSA) is 108 Å². The van der Waals surface area contributed by atoms with Gasteiger partial charge >= 0.3 is 17.9 Å². The van der Waals surface area contributed by atoms with Crippen LogP contribution in [0.2, 0.25) is 0 Å². The number of carboxylic acids is 1. The molecule has 71 heavy (non-hydrogen) atoms. The van der Waals surface area contributed by atoms with Crippen LogP contribution in [0, 0.1) is 0 Å². The van der Waals surface area contributed by atoms with Gasteiger partial charge in [-0.3, -0.25) is 9.59 Å². The first kappa shape index (κ1) is 67.0. The van der Waals surface area contributed by atoms with Crippen LogP contribution in [0.15, 0.2) is 109 Å². The van der Waals surface area contributed by atoms with Gasteiger partial charge in [0.2, 0.25) is 0 Å². The molecule has 0 aromatic heterocycles. The van der Waals surface area contributed by atoms with E-state index >= 15 is 0 Å². The first-order valence-corrected chi connectivity index (χ1v) is 28.1. The summed E-state index contributed by atoms with van der Waals surface area (Å²) in [6, 6.07) is 0. The second-order valence-electron chi connectivity index (χ2n) is 19.5. The molecule has 2 unspecified atom stereocenters. The fourth-order valence-corrected chi connectivity index (χ4v) is 7.24. The van der Waals surface area contributed by atoms with Gasteiger partial charge in [0.15, 0.2) is 6.10 Å². The standard InChI is InChI=1S/C62H103NO8/c1-6-8-10-12-14-15-16-17-18-19-20-21-22-23-24-25-26-27-28-29-30-31-32-33-34-35-36-37-38-39-40-41-42-43-44-45-47-49-51-53-60(65)71-58(56-69-59(64)52-50-48-46-13-11-9-7-2)57-70-62(61(66)67)68-55-54-63(3,4)5/h8,10,14-15,17-18,20-21,23-24,26-27,29-30,32-33,35-36,58,62H,6-7,9,11-13,16,19,22,25,28,31,34,37-57H2,1-5H3/p+1/b10-8-,15-14-,18-17-,21-20-,24-23-,27-26-,30-29-,33-32-,36-35-. The highest BCUT2D eigenvalue weighted by molar-refractivity contribution is 5.71. The van der Waals surface area contributed by atoms with Crippen molar-refractivity contribution in [3.63, 3.8) is 0 Å². The van der Waals surface area contributed by atoms with E-state index < -0.39 is 24.3 Å². The van der Waals surface area contributed by atoms with Crippen LogP contribution in [0.25, 0.3) is 0 Å². The lowest BCUT2D eigenvalue weighted by Crippen LogP contribution is -2.40. The van der Waals surface area contributed by atoms with Gasteiger partial charge in [-0.25, -0.2) is 4.79 Å². The molecule has 0 aliphatic rings. The second kappa shape index (κ2) is 52.3. The zero-order chi connectivity index (χ0) is 52.0. The molecule has 0 bridgehead atoms. The Morgan fingerprint density at radius 3 is 1.20 bits per heavy atom. The van der Waals surface area contributed by atoms with E-state index in [0.717, 1.165) is 103 Å². The van der Waals surface area contributed by atoms with E-state index in [1.807, 2.05) is 21.1 Å². The number of carbonyl (C=O) groups is 3. The van der Waals surface area contributed by atoms with Gasteiger partial charge in [-0.05, 0) is 83.5 Å². The number of esters is 2. The maximum atomic E-state index is 12.8. The molecular formula is C62H104NO8+. The van der Waals surface area contributed by atoms with E-state index in [1.54, 1.807) is 0 Å². The van der Waals surface area contributed by atoms with E-state index in [0.29, 0.717) is 23.9 Å². The Morgan fingerprint density at radius 2 is 0.803 bits per heavy atom. The fraction of sp³-hybridized carbons (Fsp3) is 0.661. The molecule has 1 N–H and O–H groups in total. The van der Waals surface area contributed by atoms with E-state index in [4.69, 9.17) is 18.9 Å². The minimum Gasteiger partial charge on any atom is -0.477 e. The summed E-state index contributed by atoms with van der Waals surface area (Å²) in [5, 5.41) is 9.64. The number of allylic oxidation sites excluding steroid dienone is 18. The summed E-state index contributed by atoms with van der Waals surface area (Å²) in [5.41, 5.74) is 0. The molecule has 9 heteroatoms. The highest BCUT2D eigenvalue weighted by Crippen LogP contribution is 2.15. The first-order valence-electron chi connectivity index (χ1n) is 28.1. The van der Waals surface area contributed by atoms with Crippen molar-refractivity contribution in [2.45, 2.75) is 219 Å². The van der Waals surface area contributed by atoms with Crippen molar-refractivity contribution in [1.82, 2.24) is 0 Å². The lowest BCUT2D eigenvalue weighted by Gasteiger charge is -2.25. The minimum atomic E-state index is -1.51. The van der Waals surface area contributed by atoms with E-state index in [2.05, 4.69) is 123 Å². The molecule has 0 aliphatic carbocycles. The summed E-state index contributed by atoms with van der Waals surface area (Å²) in [6.45, 7) is 4.69. The van der Waals surface area contributed by atoms with Gasteiger partial charge in [-0.1, -0.05) is 220 Å². The van der Waals surface area contributed by atoms with Crippen molar-refractivity contribution in [2.24, 2.45) is 0 Å². The molecule has 0 fully saturated rings. The number of rotatable bonds is 50. The van der Waals surface area contributed by atoms with Gasteiger partial charge < -0.3 is 28.5 Å². The Balaban J connectivity index is 4.03. The third-order valence-corrected chi connectivity index (χ3v) is 11.5. The first-order chi connectivity index (χ1) is 34.6. The van der Waals surface area contributed by atoms with Gasteiger partial charge in [-0.15, -0.1) is 0 Å². The van der Waals surface area contributed by atoms with Gasteiger partial charge in [0, 0.05) is 12.8 Å². The van der Waals surface area contributed by atoms with E-state index in [1.165, 1.54) is 70.6 Å². The van der Waals surface area contributed by atoms with Crippen LogP contribution in [-0.2, 0) is 33.3 Å². The number of carbonyl (C=O) groups excluding carboxylic acids is 2. The molecular weight excluding hydrogens is 887 g/mol. The van der Waals surface area contributed by atoms with Gasteiger partial charge in [0.1, 0.15) is 13.2 Å². The van der Waals surface area contributed by atoms with Crippen LogP contribution in [0.4, 0.5) is 0 Å². The van der Waals surface area contributed by atoms with E-state index in [9.17, 15) is 19.5 Å². The lowest BCUT2D eigenvalue weighted by molar-refractivity contribution is -0.870. The average Bonchev–Trinajstić information content (AvgIpc) is 3.34. The van der Waals surface area contributed by atoms with Crippen LogP contribution >= 0.6 is 0 Å². The Hall–Kier alpha value is -4.05. The van der Waals surface area contributed by atoms with Crippen LogP contribution in [0.5, 0.6) is 0 Å². The van der Waals surface area contributed by atoms with Crippen LogP contribution in [0.3, 0.4) is 0 Å². The normalized spacial score (nSPS) is 13.6. The predicted octanol–water partition coefficient (Wildman–Crippen LogP) is 16.3. The summed E-state index contributed by atoms with van der Waals surface area (Å²) >= 11 is 0. The largest absolute Gasteiger partial charge is 0.477 e. The second-order valence-corrected chi connectivity index (χ2v) is 19.5. The zero-order valence-corrected chi connectivity index (χ0v) is 45.8. The molecule has 0 amide bonds. The Labute approximate surface area is 434 Å². The fourth-order valence-electron chi connectivity index (χ4n) is 7.24. The molecule has 0 aromatic rings.